The van der Waals surface area contributed by atoms with E-state index in [2.05, 4.69) is 4.99 Å². The second-order valence-electron chi connectivity index (χ2n) is 4.77. The van der Waals surface area contributed by atoms with E-state index in [1.54, 1.807) is 0 Å². The number of fused-ring (bicyclic) bond motifs is 1. The summed E-state index contributed by atoms with van der Waals surface area (Å²) >= 11 is 1.31. The first-order valence-electron chi connectivity index (χ1n) is 6.29. The Morgan fingerprint density at radius 3 is 2.70 bits per heavy atom. The van der Waals surface area contributed by atoms with E-state index >= 15 is 0 Å². The van der Waals surface area contributed by atoms with Crippen LogP contribution in [0.15, 0.2) is 4.99 Å². The molecule has 0 aromatic carbocycles. The highest BCUT2D eigenvalue weighted by molar-refractivity contribution is 8.15. The summed E-state index contributed by atoms with van der Waals surface area (Å²) in [5.74, 6) is -1.30. The highest BCUT2D eigenvalue weighted by Gasteiger charge is 2.48. The summed E-state index contributed by atoms with van der Waals surface area (Å²) in [6, 6.07) is -0.124. The molecule has 7 nitrogen and oxygen atoms in total. The van der Waals surface area contributed by atoms with Crippen molar-refractivity contribution < 1.29 is 23.1 Å². The number of thioether (sulfide) groups is 1. The summed E-state index contributed by atoms with van der Waals surface area (Å²) in [5, 5.41) is 8.97. The Hall–Kier alpha value is -1.09. The molecule has 2 atom stereocenters. The Morgan fingerprint density at radius 1 is 1.40 bits per heavy atom. The van der Waals surface area contributed by atoms with Crippen molar-refractivity contribution in [2.75, 3.05) is 18.1 Å². The van der Waals surface area contributed by atoms with Crippen LogP contribution in [-0.2, 0) is 19.4 Å². The number of carboxylic acids is 1. The Morgan fingerprint density at radius 2 is 2.10 bits per heavy atom. The third kappa shape index (κ3) is 3.32. The minimum Gasteiger partial charge on any atom is -0.481 e. The van der Waals surface area contributed by atoms with Gasteiger partial charge >= 0.3 is 5.97 Å². The van der Waals surface area contributed by atoms with Gasteiger partial charge in [0.05, 0.1) is 24.0 Å². The van der Waals surface area contributed by atoms with Crippen LogP contribution in [0.25, 0.3) is 0 Å². The Kier molecular flexibility index (Phi) is 4.38. The fourth-order valence-electron chi connectivity index (χ4n) is 2.38. The van der Waals surface area contributed by atoms with E-state index in [1.807, 2.05) is 11.8 Å². The first-order valence-corrected chi connectivity index (χ1v) is 8.99. The minimum atomic E-state index is -3.00. The van der Waals surface area contributed by atoms with Gasteiger partial charge in [0.1, 0.15) is 0 Å². The van der Waals surface area contributed by atoms with Crippen LogP contribution in [0.3, 0.4) is 0 Å². The van der Waals surface area contributed by atoms with Gasteiger partial charge in [-0.15, -0.1) is 0 Å². The number of carbonyl (C=O) groups excluding carboxylic acids is 1. The second kappa shape index (κ2) is 5.72. The largest absolute Gasteiger partial charge is 0.481 e. The lowest BCUT2D eigenvalue weighted by molar-refractivity contribution is -0.138. The quantitative estimate of drug-likeness (QED) is 0.775. The van der Waals surface area contributed by atoms with Crippen molar-refractivity contribution in [2.45, 2.75) is 31.1 Å². The van der Waals surface area contributed by atoms with E-state index in [4.69, 9.17) is 5.11 Å². The summed E-state index contributed by atoms with van der Waals surface area (Å²) in [4.78, 5) is 27.8. The zero-order valence-corrected chi connectivity index (χ0v) is 12.6. The third-order valence-electron chi connectivity index (χ3n) is 3.29. The molecule has 0 aromatic rings. The van der Waals surface area contributed by atoms with Gasteiger partial charge in [-0.2, -0.15) is 4.99 Å². The lowest BCUT2D eigenvalue weighted by Gasteiger charge is -2.22. The SMILES string of the molecule is CCN1C(=NC(=O)CCC(=O)O)S[C@@H]2CS(=O)(=O)C[C@H]21. The van der Waals surface area contributed by atoms with E-state index in [9.17, 15) is 18.0 Å². The summed E-state index contributed by atoms with van der Waals surface area (Å²) < 4.78 is 23.2. The van der Waals surface area contributed by atoms with Crippen LogP contribution in [0.2, 0.25) is 0 Å². The predicted molar refractivity (Wildman–Crippen MR) is 75.5 cm³/mol. The van der Waals surface area contributed by atoms with Crippen LogP contribution in [0.1, 0.15) is 19.8 Å². The van der Waals surface area contributed by atoms with E-state index in [1.165, 1.54) is 11.8 Å². The van der Waals surface area contributed by atoms with Gasteiger partial charge in [-0.3, -0.25) is 9.59 Å². The molecule has 2 rings (SSSR count). The van der Waals surface area contributed by atoms with E-state index in [-0.39, 0.29) is 35.6 Å². The smallest absolute Gasteiger partial charge is 0.303 e. The molecular formula is C11H16N2O5S2. The number of aliphatic imine (C=N–C) groups is 1. The van der Waals surface area contributed by atoms with Crippen molar-refractivity contribution in [2.24, 2.45) is 4.99 Å². The maximum absolute atomic E-state index is 11.6. The number of nitrogens with zero attached hydrogens (tertiary/aromatic N) is 2. The summed E-state index contributed by atoms with van der Waals surface area (Å²) in [6.07, 6.45) is -0.377. The maximum atomic E-state index is 11.6. The van der Waals surface area contributed by atoms with Gasteiger partial charge in [0, 0.05) is 18.2 Å². The lowest BCUT2D eigenvalue weighted by atomic mass is 10.2. The number of rotatable bonds is 4. The molecule has 2 saturated heterocycles. The molecule has 2 aliphatic heterocycles. The zero-order chi connectivity index (χ0) is 14.9. The first-order chi connectivity index (χ1) is 9.32. The highest BCUT2D eigenvalue weighted by Crippen LogP contribution is 2.37. The molecule has 0 bridgehead atoms. The van der Waals surface area contributed by atoms with Crippen molar-refractivity contribution in [3.63, 3.8) is 0 Å². The monoisotopic (exact) mass is 320 g/mol. The van der Waals surface area contributed by atoms with Gasteiger partial charge in [-0.25, -0.2) is 8.42 Å². The van der Waals surface area contributed by atoms with Crippen LogP contribution in [0.4, 0.5) is 0 Å². The molecule has 2 aliphatic rings. The fourth-order valence-corrected chi connectivity index (χ4v) is 6.41. The number of carbonyl (C=O) groups is 2. The van der Waals surface area contributed by atoms with Gasteiger partial charge in [0.15, 0.2) is 15.0 Å². The molecule has 1 N–H and O–H groups in total. The molecule has 0 radical (unpaired) electrons. The predicted octanol–water partition coefficient (Wildman–Crippen LogP) is -0.0319. The average Bonchev–Trinajstić information content (AvgIpc) is 2.77. The molecule has 20 heavy (non-hydrogen) atoms. The number of sulfone groups is 1. The van der Waals surface area contributed by atoms with Crippen molar-refractivity contribution in [1.82, 2.24) is 4.90 Å². The van der Waals surface area contributed by atoms with Crippen LogP contribution >= 0.6 is 11.8 Å². The molecule has 0 saturated carbocycles. The standard InChI is InChI=1S/C11H16N2O5S2/c1-2-13-7-5-20(17,18)6-8(7)19-11(13)12-9(14)3-4-10(15)16/h7-8H,2-6H2,1H3,(H,15,16)/t7-,8-/m1/s1. The summed E-state index contributed by atoms with van der Waals surface area (Å²) in [5.41, 5.74) is 0. The Bertz CT molecular complexity index is 557. The van der Waals surface area contributed by atoms with Crippen molar-refractivity contribution in [3.05, 3.63) is 0 Å². The minimum absolute atomic E-state index is 0.0778. The van der Waals surface area contributed by atoms with Gasteiger partial charge < -0.3 is 10.0 Å². The Balaban J connectivity index is 2.07. The normalized spacial score (nSPS) is 29.6. The number of carboxylic acid groups (broad SMARTS) is 1. The van der Waals surface area contributed by atoms with Crippen molar-refractivity contribution >= 4 is 38.6 Å². The molecule has 0 aromatic heterocycles. The van der Waals surface area contributed by atoms with Crippen LogP contribution in [0.5, 0.6) is 0 Å². The molecule has 2 fully saturated rings. The molecule has 0 spiro atoms. The van der Waals surface area contributed by atoms with Gasteiger partial charge in [-0.1, -0.05) is 11.8 Å². The van der Waals surface area contributed by atoms with E-state index in [0.29, 0.717) is 11.7 Å². The fraction of sp³-hybridized carbons (Fsp3) is 0.727. The molecule has 0 aliphatic carbocycles. The molecular weight excluding hydrogens is 304 g/mol. The van der Waals surface area contributed by atoms with Gasteiger partial charge in [0.25, 0.3) is 0 Å². The summed E-state index contributed by atoms with van der Waals surface area (Å²) in [6.45, 7) is 2.46. The zero-order valence-electron chi connectivity index (χ0n) is 11.0. The number of amides is 1. The maximum Gasteiger partial charge on any atom is 0.303 e. The molecule has 2 heterocycles. The van der Waals surface area contributed by atoms with Crippen LogP contribution in [-0.4, -0.2) is 64.8 Å². The van der Waals surface area contributed by atoms with E-state index in [0.717, 1.165) is 0 Å². The van der Waals surface area contributed by atoms with Gasteiger partial charge in [0.2, 0.25) is 5.91 Å². The molecule has 112 valence electrons. The molecule has 9 heteroatoms. The number of amidine groups is 1. The average molecular weight is 320 g/mol. The highest BCUT2D eigenvalue weighted by atomic mass is 32.2. The number of hydrogen-bond donors (Lipinski definition) is 1. The topological polar surface area (TPSA) is 104 Å². The van der Waals surface area contributed by atoms with Crippen LogP contribution in [0, 0.1) is 0 Å². The van der Waals surface area contributed by atoms with Crippen molar-refractivity contribution in [3.8, 4) is 0 Å². The summed E-state index contributed by atoms with van der Waals surface area (Å²) in [7, 11) is -3.00. The molecule has 1 amide bonds. The number of aliphatic carboxylic acids is 1. The first kappa shape index (κ1) is 15.3. The van der Waals surface area contributed by atoms with Crippen LogP contribution < -0.4 is 0 Å². The molecule has 0 unspecified atom stereocenters. The van der Waals surface area contributed by atoms with Gasteiger partial charge in [-0.05, 0) is 6.92 Å². The van der Waals surface area contributed by atoms with Crippen molar-refractivity contribution in [1.29, 1.82) is 0 Å². The Labute approximate surface area is 121 Å². The number of hydrogen-bond acceptors (Lipinski definition) is 5. The van der Waals surface area contributed by atoms with E-state index < -0.39 is 21.7 Å². The second-order valence-corrected chi connectivity index (χ2v) is 8.13. The lowest BCUT2D eigenvalue weighted by Crippen LogP contribution is -2.37. The third-order valence-corrected chi connectivity index (χ3v) is 6.54.